The van der Waals surface area contributed by atoms with Crippen LogP contribution in [0.25, 0.3) is 11.1 Å². The number of rotatable bonds is 3. The van der Waals surface area contributed by atoms with Gasteiger partial charge >= 0.3 is 0 Å². The summed E-state index contributed by atoms with van der Waals surface area (Å²) in [5.41, 5.74) is 15.6. The molecule has 2 saturated heterocycles. The maximum absolute atomic E-state index is 6.65. The summed E-state index contributed by atoms with van der Waals surface area (Å²) < 4.78 is 0. The summed E-state index contributed by atoms with van der Waals surface area (Å²) >= 11 is 6.65. The van der Waals surface area contributed by atoms with Gasteiger partial charge in [-0.15, -0.1) is 0 Å². The highest BCUT2D eigenvalue weighted by molar-refractivity contribution is 6.33. The van der Waals surface area contributed by atoms with E-state index in [0.29, 0.717) is 22.4 Å². The number of anilines is 3. The van der Waals surface area contributed by atoms with Crippen LogP contribution in [-0.4, -0.2) is 72.1 Å². The molecule has 29 heavy (non-hydrogen) atoms. The van der Waals surface area contributed by atoms with Crippen molar-refractivity contribution in [1.82, 2.24) is 19.8 Å². The van der Waals surface area contributed by atoms with Gasteiger partial charge in [-0.2, -0.15) is 4.98 Å². The van der Waals surface area contributed by atoms with E-state index < -0.39 is 0 Å². The van der Waals surface area contributed by atoms with Crippen molar-refractivity contribution in [3.05, 3.63) is 28.9 Å². The van der Waals surface area contributed by atoms with Crippen LogP contribution in [0.15, 0.2) is 18.3 Å². The van der Waals surface area contributed by atoms with Crippen molar-refractivity contribution in [3.63, 3.8) is 0 Å². The Bertz CT molecular complexity index is 872. The third kappa shape index (κ3) is 4.27. The summed E-state index contributed by atoms with van der Waals surface area (Å²) in [4.78, 5) is 15.7. The van der Waals surface area contributed by atoms with Crippen LogP contribution in [0.5, 0.6) is 0 Å². The molecule has 0 saturated carbocycles. The molecular formula is C21H30ClN7. The number of nitrogens with two attached hydrogens (primary N) is 2. The summed E-state index contributed by atoms with van der Waals surface area (Å²) in [7, 11) is 2.21. The molecule has 0 spiro atoms. The molecule has 0 bridgehead atoms. The van der Waals surface area contributed by atoms with E-state index in [2.05, 4.69) is 50.8 Å². The molecular weight excluding hydrogens is 386 g/mol. The van der Waals surface area contributed by atoms with Gasteiger partial charge in [0.05, 0.1) is 5.02 Å². The molecule has 0 unspecified atom stereocenters. The molecule has 7 nitrogen and oxygen atoms in total. The van der Waals surface area contributed by atoms with Gasteiger partial charge in [-0.05, 0) is 44.5 Å². The van der Waals surface area contributed by atoms with Crippen molar-refractivity contribution in [2.45, 2.75) is 25.8 Å². The minimum Gasteiger partial charge on any atom is -0.383 e. The highest BCUT2D eigenvalue weighted by Gasteiger charge is 2.27. The molecule has 1 aromatic carbocycles. The average Bonchev–Trinajstić information content (AvgIpc) is 2.71. The molecule has 8 heteroatoms. The second kappa shape index (κ2) is 8.34. The van der Waals surface area contributed by atoms with Crippen molar-refractivity contribution in [2.24, 2.45) is 0 Å². The Morgan fingerprint density at radius 1 is 1.00 bits per heavy atom. The Labute approximate surface area is 177 Å². The molecule has 2 aliphatic rings. The molecule has 4 rings (SSSR count). The number of likely N-dealkylation sites (N-methyl/N-ethyl adjacent to an activating group) is 1. The van der Waals surface area contributed by atoms with Crippen LogP contribution in [-0.2, 0) is 0 Å². The molecule has 156 valence electrons. The number of aromatic nitrogens is 2. The first kappa shape index (κ1) is 20.2. The van der Waals surface area contributed by atoms with E-state index in [1.807, 2.05) is 0 Å². The fraction of sp³-hybridized carbons (Fsp3) is 0.524. The van der Waals surface area contributed by atoms with E-state index in [1.54, 1.807) is 6.20 Å². The minimum atomic E-state index is 0.166. The van der Waals surface area contributed by atoms with E-state index in [4.69, 9.17) is 23.1 Å². The first-order valence-electron chi connectivity index (χ1n) is 10.3. The Balaban J connectivity index is 1.48. The van der Waals surface area contributed by atoms with Crippen LogP contribution in [0.4, 0.5) is 17.5 Å². The zero-order valence-corrected chi connectivity index (χ0v) is 18.0. The lowest BCUT2D eigenvalue weighted by Gasteiger charge is -2.43. The molecule has 2 fully saturated rings. The van der Waals surface area contributed by atoms with Crippen molar-refractivity contribution < 1.29 is 0 Å². The van der Waals surface area contributed by atoms with Gasteiger partial charge in [0.1, 0.15) is 5.82 Å². The van der Waals surface area contributed by atoms with Crippen molar-refractivity contribution in [1.29, 1.82) is 0 Å². The predicted octanol–water partition coefficient (Wildman–Crippen LogP) is 2.49. The second-order valence-electron chi connectivity index (χ2n) is 8.20. The van der Waals surface area contributed by atoms with Crippen LogP contribution in [0.3, 0.4) is 0 Å². The number of piperidine rings is 1. The molecule has 4 N–H and O–H groups in total. The lowest BCUT2D eigenvalue weighted by molar-refractivity contribution is 0.0982. The summed E-state index contributed by atoms with van der Waals surface area (Å²) in [6, 6.07) is 4.83. The monoisotopic (exact) mass is 415 g/mol. The normalized spacial score (nSPS) is 19.6. The van der Waals surface area contributed by atoms with Gasteiger partial charge in [0.2, 0.25) is 5.95 Å². The van der Waals surface area contributed by atoms with Crippen molar-refractivity contribution >= 4 is 29.1 Å². The predicted molar refractivity (Wildman–Crippen MR) is 120 cm³/mol. The summed E-state index contributed by atoms with van der Waals surface area (Å²) in [5, 5.41) is 0.659. The van der Waals surface area contributed by atoms with Crippen molar-refractivity contribution in [2.75, 3.05) is 62.7 Å². The van der Waals surface area contributed by atoms with Gasteiger partial charge < -0.3 is 21.3 Å². The van der Waals surface area contributed by atoms with Gasteiger partial charge in [0.15, 0.2) is 0 Å². The maximum Gasteiger partial charge on any atom is 0.221 e. The molecule has 0 amide bonds. The Morgan fingerprint density at radius 2 is 1.69 bits per heavy atom. The quantitative estimate of drug-likeness (QED) is 0.796. The number of aryl methyl sites for hydroxylation is 1. The number of nitrogens with zero attached hydrogens (tertiary/aromatic N) is 5. The van der Waals surface area contributed by atoms with Gasteiger partial charge in [-0.3, -0.25) is 4.90 Å². The minimum absolute atomic E-state index is 0.166. The van der Waals surface area contributed by atoms with Gasteiger partial charge in [-0.25, -0.2) is 4.98 Å². The Kier molecular flexibility index (Phi) is 5.81. The van der Waals surface area contributed by atoms with Crippen LogP contribution in [0, 0.1) is 6.92 Å². The second-order valence-corrected chi connectivity index (χ2v) is 8.61. The smallest absolute Gasteiger partial charge is 0.221 e. The number of nitrogen functional groups attached to an aromatic ring is 2. The molecule has 0 radical (unpaired) electrons. The fourth-order valence-corrected chi connectivity index (χ4v) is 4.75. The Morgan fingerprint density at radius 3 is 2.34 bits per heavy atom. The number of piperazine rings is 1. The average molecular weight is 416 g/mol. The lowest BCUT2D eigenvalue weighted by atomic mass is 9.99. The molecule has 3 heterocycles. The highest BCUT2D eigenvalue weighted by Crippen LogP contribution is 2.37. The van der Waals surface area contributed by atoms with E-state index in [0.717, 1.165) is 18.7 Å². The number of hydrogen-bond acceptors (Lipinski definition) is 7. The topological polar surface area (TPSA) is 87.5 Å². The van der Waals surface area contributed by atoms with Crippen LogP contribution in [0.1, 0.15) is 18.4 Å². The van der Waals surface area contributed by atoms with Crippen molar-refractivity contribution in [3.8, 4) is 11.1 Å². The summed E-state index contributed by atoms with van der Waals surface area (Å²) in [6.07, 6.45) is 4.03. The van der Waals surface area contributed by atoms with Gasteiger partial charge in [0, 0.05) is 68.3 Å². The standard InChI is InChI=1S/C21H30ClN7/c1-14-11-16(17-13-25-21(24)26-20(17)23)18(22)12-19(14)29-5-3-15(4-6-29)28-9-7-27(2)8-10-28/h11-13,15H,3-10H2,1-2H3,(H4,23,24,25,26). The molecule has 1 aromatic heterocycles. The fourth-order valence-electron chi connectivity index (χ4n) is 4.49. The third-order valence-corrected chi connectivity index (χ3v) is 6.58. The first-order valence-corrected chi connectivity index (χ1v) is 10.7. The van der Waals surface area contributed by atoms with Crippen LogP contribution >= 0.6 is 11.6 Å². The van der Waals surface area contributed by atoms with Crippen LogP contribution < -0.4 is 16.4 Å². The van der Waals surface area contributed by atoms with Gasteiger partial charge in [0.25, 0.3) is 0 Å². The molecule has 2 aliphatic heterocycles. The zero-order chi connectivity index (χ0) is 20.5. The van der Waals surface area contributed by atoms with Crippen LogP contribution in [0.2, 0.25) is 5.02 Å². The molecule has 0 atom stereocenters. The number of hydrogen-bond donors (Lipinski definition) is 2. The summed E-state index contributed by atoms with van der Waals surface area (Å²) in [6.45, 7) is 8.96. The highest BCUT2D eigenvalue weighted by atomic mass is 35.5. The molecule has 2 aromatic rings. The maximum atomic E-state index is 6.65. The van der Waals surface area contributed by atoms with E-state index >= 15 is 0 Å². The van der Waals surface area contributed by atoms with E-state index in [1.165, 1.54) is 50.3 Å². The zero-order valence-electron chi connectivity index (χ0n) is 17.2. The Hall–Kier alpha value is -2.09. The lowest BCUT2D eigenvalue weighted by Crippen LogP contribution is -2.52. The number of halogens is 1. The molecule has 0 aliphatic carbocycles. The van der Waals surface area contributed by atoms with E-state index in [9.17, 15) is 0 Å². The SMILES string of the molecule is Cc1cc(-c2cnc(N)nc2N)c(Cl)cc1N1CCC(N2CCN(C)CC2)CC1. The first-order chi connectivity index (χ1) is 13.9. The number of benzene rings is 1. The largest absolute Gasteiger partial charge is 0.383 e. The summed E-state index contributed by atoms with van der Waals surface area (Å²) in [5.74, 6) is 0.512. The van der Waals surface area contributed by atoms with Gasteiger partial charge in [-0.1, -0.05) is 11.6 Å². The third-order valence-electron chi connectivity index (χ3n) is 6.27. The van der Waals surface area contributed by atoms with E-state index in [-0.39, 0.29) is 5.95 Å².